The molecule has 4 aliphatic rings. The van der Waals surface area contributed by atoms with Crippen LogP contribution in [0.1, 0.15) is 79.1 Å². The summed E-state index contributed by atoms with van der Waals surface area (Å²) in [5.74, 6) is 0.489. The minimum Gasteiger partial charge on any atom is -0.463 e. The molecular formula is C24H36F2O3. The number of carbonyl (C=O) groups is 2. The van der Waals surface area contributed by atoms with Crippen molar-refractivity contribution in [3.63, 3.8) is 0 Å². The highest BCUT2D eigenvalue weighted by Gasteiger charge is 2.63. The molecule has 0 radical (unpaired) electrons. The summed E-state index contributed by atoms with van der Waals surface area (Å²) in [4.78, 5) is 23.7. The first-order valence-electron chi connectivity index (χ1n) is 11.5. The second-order valence-corrected chi connectivity index (χ2v) is 11.0. The maximum atomic E-state index is 14.3. The van der Waals surface area contributed by atoms with Crippen molar-refractivity contribution in [2.45, 2.75) is 91.6 Å². The summed E-state index contributed by atoms with van der Waals surface area (Å²) < 4.78 is 34.0. The summed E-state index contributed by atoms with van der Waals surface area (Å²) >= 11 is 0. The summed E-state index contributed by atoms with van der Waals surface area (Å²) in [5.41, 5.74) is -0.131. The van der Waals surface area contributed by atoms with E-state index >= 15 is 0 Å². The Hall–Kier alpha value is -1.00. The van der Waals surface area contributed by atoms with Gasteiger partial charge < -0.3 is 4.74 Å². The van der Waals surface area contributed by atoms with Gasteiger partial charge in [0.15, 0.2) is 0 Å². The number of alkyl halides is 2. The lowest BCUT2D eigenvalue weighted by Gasteiger charge is -2.62. The van der Waals surface area contributed by atoms with Gasteiger partial charge in [0.2, 0.25) is 6.43 Å². The number of esters is 1. The first-order valence-corrected chi connectivity index (χ1v) is 11.5. The number of Topliss-reactive ketones (excluding diaryl/α,β-unsaturated/α-hetero) is 1. The zero-order valence-electron chi connectivity index (χ0n) is 18.3. The van der Waals surface area contributed by atoms with E-state index in [9.17, 15) is 18.4 Å². The molecule has 5 heteroatoms. The lowest BCUT2D eigenvalue weighted by molar-refractivity contribution is -0.184. The number of ketones is 1. The van der Waals surface area contributed by atoms with Crippen molar-refractivity contribution in [1.29, 1.82) is 0 Å². The van der Waals surface area contributed by atoms with Gasteiger partial charge in [-0.15, -0.1) is 0 Å². The van der Waals surface area contributed by atoms with Crippen LogP contribution < -0.4 is 0 Å². The molecule has 4 aliphatic carbocycles. The minimum atomic E-state index is -2.34. The molecule has 0 spiro atoms. The van der Waals surface area contributed by atoms with Crippen molar-refractivity contribution >= 4 is 11.8 Å². The van der Waals surface area contributed by atoms with Gasteiger partial charge in [0.05, 0.1) is 0 Å². The van der Waals surface area contributed by atoms with Crippen LogP contribution in [-0.2, 0) is 14.3 Å². The van der Waals surface area contributed by atoms with Gasteiger partial charge in [0.1, 0.15) is 11.9 Å². The van der Waals surface area contributed by atoms with Crippen LogP contribution in [0, 0.1) is 46.3 Å². The molecule has 3 nitrogen and oxygen atoms in total. The van der Waals surface area contributed by atoms with Crippen LogP contribution in [0.2, 0.25) is 0 Å². The van der Waals surface area contributed by atoms with E-state index in [-0.39, 0.29) is 40.5 Å². The molecular weight excluding hydrogens is 374 g/mol. The highest BCUT2D eigenvalue weighted by molar-refractivity contribution is 5.79. The molecule has 164 valence electrons. The third-order valence-corrected chi connectivity index (χ3v) is 9.86. The number of carbonyl (C=O) groups excluding carboxylic acids is 2. The Bertz CT molecular complexity index is 679. The van der Waals surface area contributed by atoms with Gasteiger partial charge in [-0.1, -0.05) is 13.8 Å². The number of hydrogen-bond donors (Lipinski definition) is 0. The fraction of sp³-hybridized carbons (Fsp3) is 0.917. The first kappa shape index (κ1) is 21.2. The van der Waals surface area contributed by atoms with Crippen molar-refractivity contribution in [2.75, 3.05) is 0 Å². The molecule has 0 heterocycles. The van der Waals surface area contributed by atoms with E-state index in [1.807, 2.05) is 0 Å². The summed E-state index contributed by atoms with van der Waals surface area (Å²) in [6, 6.07) is 0. The SMILES string of the molecule is CC(=O)O[C@H]1CC[C@@]2(C)C(C1)C(C(F)F)C[C@H]1[C@@H]3CC[C@H](C(C)=O)[C@@]3(C)CC[C@@H]12. The van der Waals surface area contributed by atoms with Gasteiger partial charge in [0.25, 0.3) is 0 Å². The Morgan fingerprint density at radius 2 is 1.55 bits per heavy atom. The third kappa shape index (κ3) is 3.26. The van der Waals surface area contributed by atoms with Crippen molar-refractivity contribution in [3.05, 3.63) is 0 Å². The second kappa shape index (κ2) is 7.30. The van der Waals surface area contributed by atoms with E-state index in [2.05, 4.69) is 13.8 Å². The van der Waals surface area contributed by atoms with Crippen LogP contribution in [0.25, 0.3) is 0 Å². The molecule has 0 bridgehead atoms. The summed E-state index contributed by atoms with van der Waals surface area (Å²) in [6.07, 6.45) is 4.25. The van der Waals surface area contributed by atoms with Crippen molar-refractivity contribution < 1.29 is 23.1 Å². The molecule has 0 aromatic heterocycles. The molecule has 9 atom stereocenters. The Morgan fingerprint density at radius 3 is 2.17 bits per heavy atom. The predicted molar refractivity (Wildman–Crippen MR) is 106 cm³/mol. The van der Waals surface area contributed by atoms with Crippen LogP contribution in [0.5, 0.6) is 0 Å². The van der Waals surface area contributed by atoms with Gasteiger partial charge in [-0.25, -0.2) is 8.78 Å². The van der Waals surface area contributed by atoms with Crippen molar-refractivity contribution in [2.24, 2.45) is 46.3 Å². The van der Waals surface area contributed by atoms with Gasteiger partial charge in [-0.05, 0) is 92.8 Å². The smallest absolute Gasteiger partial charge is 0.302 e. The average molecular weight is 411 g/mol. The molecule has 0 amide bonds. The molecule has 4 rings (SSSR count). The van der Waals surface area contributed by atoms with Gasteiger partial charge in [0, 0.05) is 18.8 Å². The quantitative estimate of drug-likeness (QED) is 0.564. The Morgan fingerprint density at radius 1 is 0.897 bits per heavy atom. The fourth-order valence-electron chi connectivity index (χ4n) is 8.65. The highest BCUT2D eigenvalue weighted by Crippen LogP contribution is 2.69. The van der Waals surface area contributed by atoms with E-state index in [4.69, 9.17) is 4.74 Å². The Balaban J connectivity index is 1.64. The Labute approximate surface area is 173 Å². The fourth-order valence-corrected chi connectivity index (χ4v) is 8.65. The topological polar surface area (TPSA) is 43.4 Å². The number of hydrogen-bond acceptors (Lipinski definition) is 3. The molecule has 4 saturated carbocycles. The van der Waals surface area contributed by atoms with Crippen LogP contribution in [0.3, 0.4) is 0 Å². The van der Waals surface area contributed by atoms with Crippen LogP contribution in [0.4, 0.5) is 8.78 Å². The average Bonchev–Trinajstić information content (AvgIpc) is 2.98. The van der Waals surface area contributed by atoms with Crippen LogP contribution >= 0.6 is 0 Å². The summed E-state index contributed by atoms with van der Waals surface area (Å²) in [6.45, 7) is 7.62. The Kier molecular flexibility index (Phi) is 5.35. The largest absolute Gasteiger partial charge is 0.463 e. The molecule has 0 N–H and O–H groups in total. The lowest BCUT2D eigenvalue weighted by atomic mass is 9.42. The minimum absolute atomic E-state index is 0.0161. The van der Waals surface area contributed by atoms with Crippen molar-refractivity contribution in [3.8, 4) is 0 Å². The van der Waals surface area contributed by atoms with E-state index in [1.165, 1.54) is 6.92 Å². The third-order valence-electron chi connectivity index (χ3n) is 9.86. The number of rotatable bonds is 3. The predicted octanol–water partition coefficient (Wildman–Crippen LogP) is 5.66. The first-order chi connectivity index (χ1) is 13.6. The van der Waals surface area contributed by atoms with E-state index in [1.54, 1.807) is 6.92 Å². The highest BCUT2D eigenvalue weighted by atomic mass is 19.3. The number of halogens is 2. The zero-order chi connectivity index (χ0) is 21.1. The molecule has 2 unspecified atom stereocenters. The number of fused-ring (bicyclic) bond motifs is 5. The second-order valence-electron chi connectivity index (χ2n) is 11.0. The molecule has 0 aromatic carbocycles. The van der Waals surface area contributed by atoms with E-state index in [0.29, 0.717) is 30.6 Å². The summed E-state index contributed by atoms with van der Waals surface area (Å²) in [5, 5.41) is 0. The van der Waals surface area contributed by atoms with Gasteiger partial charge in [-0.2, -0.15) is 0 Å². The standard InChI is InChI=1S/C24H36F2O3/c1-13(27)18-5-6-19-16-12-17(22(25)26)21-11-15(29-14(2)28)7-9-24(21,4)20(16)8-10-23(18,19)3/h15-22H,5-12H2,1-4H3/t15-,16-,17?,18+,19-,20-,21?,23+,24+/m0/s1. The van der Waals surface area contributed by atoms with Crippen LogP contribution in [0.15, 0.2) is 0 Å². The summed E-state index contributed by atoms with van der Waals surface area (Å²) in [7, 11) is 0. The normalized spacial score (nSPS) is 49.1. The van der Waals surface area contributed by atoms with E-state index < -0.39 is 12.3 Å². The van der Waals surface area contributed by atoms with Gasteiger partial charge in [-0.3, -0.25) is 9.59 Å². The maximum Gasteiger partial charge on any atom is 0.302 e. The zero-order valence-corrected chi connectivity index (χ0v) is 18.3. The molecule has 4 fully saturated rings. The molecule has 29 heavy (non-hydrogen) atoms. The number of ether oxygens (including phenoxy) is 1. The molecule has 0 aliphatic heterocycles. The molecule has 0 aromatic rings. The van der Waals surface area contributed by atoms with Crippen LogP contribution in [-0.4, -0.2) is 24.3 Å². The lowest BCUT2D eigenvalue weighted by Crippen LogP contribution is -2.58. The van der Waals surface area contributed by atoms with E-state index in [0.717, 1.165) is 38.5 Å². The molecule has 0 saturated heterocycles. The van der Waals surface area contributed by atoms with Gasteiger partial charge >= 0.3 is 5.97 Å². The van der Waals surface area contributed by atoms with Crippen molar-refractivity contribution in [1.82, 2.24) is 0 Å². The maximum absolute atomic E-state index is 14.3. The monoisotopic (exact) mass is 410 g/mol.